The van der Waals surface area contributed by atoms with E-state index in [-0.39, 0.29) is 5.54 Å². The number of piperidine rings is 1. The molecule has 1 atom stereocenters. The second kappa shape index (κ2) is 6.37. The van der Waals surface area contributed by atoms with Gasteiger partial charge >= 0.3 is 0 Å². The molecule has 2 N–H and O–H groups in total. The second-order valence-electron chi connectivity index (χ2n) is 6.69. The van der Waals surface area contributed by atoms with Crippen LogP contribution in [0.4, 0.5) is 0 Å². The van der Waals surface area contributed by atoms with Crippen molar-refractivity contribution in [3.05, 3.63) is 21.9 Å². The van der Waals surface area contributed by atoms with Crippen molar-refractivity contribution in [3.63, 3.8) is 0 Å². The van der Waals surface area contributed by atoms with Crippen LogP contribution in [0, 0.1) is 0 Å². The summed E-state index contributed by atoms with van der Waals surface area (Å²) in [5, 5.41) is 2.25. The fourth-order valence-electron chi connectivity index (χ4n) is 4.28. The average molecular weight is 308 g/mol. The number of nitrogens with zero attached hydrogens (tertiary/aromatic N) is 2. The van der Waals surface area contributed by atoms with E-state index < -0.39 is 0 Å². The molecule has 3 nitrogen and oxygen atoms in total. The molecule has 1 aromatic heterocycles. The first-order valence-electron chi connectivity index (χ1n) is 8.45. The molecule has 21 heavy (non-hydrogen) atoms. The monoisotopic (exact) mass is 307 g/mol. The number of fused-ring (bicyclic) bond motifs is 1. The number of hydrogen-bond donors (Lipinski definition) is 1. The smallest absolute Gasteiger partial charge is 0.0362 e. The Morgan fingerprint density at radius 2 is 2.10 bits per heavy atom. The van der Waals surface area contributed by atoms with Gasteiger partial charge in [0, 0.05) is 29.5 Å². The van der Waals surface area contributed by atoms with E-state index in [2.05, 4.69) is 35.1 Å². The van der Waals surface area contributed by atoms with Crippen molar-refractivity contribution in [1.29, 1.82) is 0 Å². The van der Waals surface area contributed by atoms with Crippen LogP contribution >= 0.6 is 11.3 Å². The molecular formula is C17H29N3S. The minimum Gasteiger partial charge on any atom is -0.329 e. The molecule has 1 fully saturated rings. The largest absolute Gasteiger partial charge is 0.329 e. The Balaban J connectivity index is 1.75. The quantitative estimate of drug-likeness (QED) is 0.928. The second-order valence-corrected chi connectivity index (χ2v) is 7.69. The minimum atomic E-state index is 0.225. The lowest BCUT2D eigenvalue weighted by Gasteiger charge is -2.52. The molecule has 0 aromatic carbocycles. The van der Waals surface area contributed by atoms with E-state index in [9.17, 15) is 0 Å². The first kappa shape index (κ1) is 15.5. The van der Waals surface area contributed by atoms with E-state index in [1.807, 2.05) is 11.3 Å². The van der Waals surface area contributed by atoms with Crippen LogP contribution in [-0.2, 0) is 6.42 Å². The summed E-state index contributed by atoms with van der Waals surface area (Å²) in [6, 6.07) is 2.86. The summed E-state index contributed by atoms with van der Waals surface area (Å²) >= 11 is 1.93. The molecule has 2 aliphatic heterocycles. The van der Waals surface area contributed by atoms with Gasteiger partial charge in [-0.1, -0.05) is 6.92 Å². The van der Waals surface area contributed by atoms with Crippen LogP contribution < -0.4 is 5.73 Å². The molecule has 0 saturated carbocycles. The minimum absolute atomic E-state index is 0.225. The Hall–Kier alpha value is -0.420. The predicted molar refractivity (Wildman–Crippen MR) is 90.9 cm³/mol. The molecule has 1 aromatic rings. The van der Waals surface area contributed by atoms with E-state index in [4.69, 9.17) is 5.73 Å². The van der Waals surface area contributed by atoms with Crippen LogP contribution in [0.1, 0.15) is 49.6 Å². The molecule has 1 unspecified atom stereocenters. The van der Waals surface area contributed by atoms with E-state index >= 15 is 0 Å². The highest BCUT2D eigenvalue weighted by atomic mass is 32.1. The number of rotatable bonds is 4. The van der Waals surface area contributed by atoms with Gasteiger partial charge in [-0.25, -0.2) is 0 Å². The molecule has 0 aliphatic carbocycles. The summed E-state index contributed by atoms with van der Waals surface area (Å²) < 4.78 is 0. The lowest BCUT2D eigenvalue weighted by molar-refractivity contribution is -0.00366. The molecule has 3 heterocycles. The summed E-state index contributed by atoms with van der Waals surface area (Å²) in [4.78, 5) is 6.93. The maximum absolute atomic E-state index is 6.29. The zero-order valence-corrected chi connectivity index (χ0v) is 14.3. The van der Waals surface area contributed by atoms with E-state index in [1.165, 1.54) is 51.9 Å². The molecule has 118 valence electrons. The van der Waals surface area contributed by atoms with E-state index in [0.717, 1.165) is 6.54 Å². The highest BCUT2D eigenvalue weighted by Crippen LogP contribution is 2.40. The third kappa shape index (κ3) is 2.79. The Kier molecular flexibility index (Phi) is 4.69. The van der Waals surface area contributed by atoms with Crippen LogP contribution in [0.25, 0.3) is 0 Å². The first-order valence-corrected chi connectivity index (χ1v) is 9.33. The van der Waals surface area contributed by atoms with E-state index in [1.54, 1.807) is 10.4 Å². The first-order chi connectivity index (χ1) is 10.2. The SMILES string of the molecule is CCCN1CCC(CN)(N2CCc3sccc3C2C)CC1. The molecule has 0 amide bonds. The van der Waals surface area contributed by atoms with Gasteiger partial charge in [-0.05, 0) is 69.3 Å². The van der Waals surface area contributed by atoms with Gasteiger partial charge in [0.15, 0.2) is 0 Å². The molecule has 0 radical (unpaired) electrons. The fourth-order valence-corrected chi connectivity index (χ4v) is 5.24. The summed E-state index contributed by atoms with van der Waals surface area (Å²) in [7, 11) is 0. The van der Waals surface area contributed by atoms with Gasteiger partial charge in [-0.15, -0.1) is 11.3 Å². The van der Waals surface area contributed by atoms with Crippen molar-refractivity contribution in [2.24, 2.45) is 5.73 Å². The Morgan fingerprint density at radius 3 is 2.76 bits per heavy atom. The number of thiophene rings is 1. The van der Waals surface area contributed by atoms with Crippen LogP contribution in [-0.4, -0.2) is 48.1 Å². The summed E-state index contributed by atoms with van der Waals surface area (Å²) in [5.41, 5.74) is 8.06. The maximum Gasteiger partial charge on any atom is 0.0362 e. The van der Waals surface area contributed by atoms with E-state index in [0.29, 0.717) is 6.04 Å². The van der Waals surface area contributed by atoms with Gasteiger partial charge in [0.1, 0.15) is 0 Å². The standard InChI is InChI=1S/C17H29N3S/c1-3-8-19-10-6-17(13-18,7-11-19)20-9-4-16-15(14(20)2)5-12-21-16/h5,12,14H,3-4,6-11,13,18H2,1-2H3. The lowest BCUT2D eigenvalue weighted by Crippen LogP contribution is -2.61. The molecular weight excluding hydrogens is 278 g/mol. The van der Waals surface area contributed by atoms with Gasteiger partial charge in [0.05, 0.1) is 0 Å². The van der Waals surface area contributed by atoms with Crippen LogP contribution in [0.2, 0.25) is 0 Å². The predicted octanol–water partition coefficient (Wildman–Crippen LogP) is 2.87. The number of hydrogen-bond acceptors (Lipinski definition) is 4. The van der Waals surface area contributed by atoms with Gasteiger partial charge in [0.2, 0.25) is 0 Å². The molecule has 1 saturated heterocycles. The Bertz CT molecular complexity index is 462. The normalized spacial score (nSPS) is 26.7. The zero-order chi connectivity index (χ0) is 14.9. The molecule has 2 aliphatic rings. The maximum atomic E-state index is 6.29. The van der Waals surface area contributed by atoms with Crippen molar-refractivity contribution in [2.45, 2.75) is 51.1 Å². The number of nitrogens with two attached hydrogens (primary N) is 1. The fraction of sp³-hybridized carbons (Fsp3) is 0.765. The summed E-state index contributed by atoms with van der Waals surface area (Å²) in [6.45, 7) is 10.3. The van der Waals surface area contributed by atoms with Crippen molar-refractivity contribution >= 4 is 11.3 Å². The Labute approximate surface area is 133 Å². The molecule has 0 bridgehead atoms. The van der Waals surface area contributed by atoms with Crippen molar-refractivity contribution in [1.82, 2.24) is 9.80 Å². The van der Waals surface area contributed by atoms with Crippen molar-refractivity contribution in [3.8, 4) is 0 Å². The lowest BCUT2D eigenvalue weighted by atomic mass is 9.82. The third-order valence-electron chi connectivity index (χ3n) is 5.59. The highest BCUT2D eigenvalue weighted by molar-refractivity contribution is 7.10. The topological polar surface area (TPSA) is 32.5 Å². The highest BCUT2D eigenvalue weighted by Gasteiger charge is 2.42. The van der Waals surface area contributed by atoms with Crippen LogP contribution in [0.3, 0.4) is 0 Å². The van der Waals surface area contributed by atoms with Gasteiger partial charge in [-0.3, -0.25) is 4.90 Å². The van der Waals surface area contributed by atoms with Crippen molar-refractivity contribution in [2.75, 3.05) is 32.7 Å². The third-order valence-corrected chi connectivity index (χ3v) is 6.59. The average Bonchev–Trinajstić information content (AvgIpc) is 2.99. The molecule has 3 rings (SSSR count). The van der Waals surface area contributed by atoms with Gasteiger partial charge < -0.3 is 10.6 Å². The summed E-state index contributed by atoms with van der Waals surface area (Å²) in [6.07, 6.45) is 4.92. The zero-order valence-electron chi connectivity index (χ0n) is 13.5. The van der Waals surface area contributed by atoms with Crippen molar-refractivity contribution < 1.29 is 0 Å². The summed E-state index contributed by atoms with van der Waals surface area (Å²) in [5.74, 6) is 0. The van der Waals surface area contributed by atoms with Crippen LogP contribution in [0.15, 0.2) is 11.4 Å². The van der Waals surface area contributed by atoms with Gasteiger partial charge in [0.25, 0.3) is 0 Å². The van der Waals surface area contributed by atoms with Gasteiger partial charge in [-0.2, -0.15) is 0 Å². The molecule has 0 spiro atoms. The van der Waals surface area contributed by atoms with Crippen LogP contribution in [0.5, 0.6) is 0 Å². The molecule has 4 heteroatoms. The Morgan fingerprint density at radius 1 is 1.33 bits per heavy atom. The number of likely N-dealkylation sites (tertiary alicyclic amines) is 1.